The number of hydrogen-bond acceptors (Lipinski definition) is 5. The second-order valence-corrected chi connectivity index (χ2v) is 4.73. The molecule has 0 aliphatic heterocycles. The maximum absolute atomic E-state index is 9.66. The fraction of sp³-hybridized carbons (Fsp3) is 0.118. The van der Waals surface area contributed by atoms with Gasteiger partial charge in [0, 0.05) is 29.7 Å². The third-order valence-electron chi connectivity index (χ3n) is 3.45. The van der Waals surface area contributed by atoms with E-state index in [2.05, 4.69) is 15.0 Å². The highest BCUT2D eigenvalue weighted by Gasteiger charge is 2.16. The monoisotopic (exact) mass is 293 g/mol. The smallest absolute Gasteiger partial charge is 0.0983 e. The highest BCUT2D eigenvalue weighted by molar-refractivity contribution is 5.78. The van der Waals surface area contributed by atoms with Crippen LogP contribution in [0.2, 0.25) is 0 Å². The van der Waals surface area contributed by atoms with Crippen LogP contribution in [0, 0.1) is 0 Å². The Morgan fingerprint density at radius 3 is 2.27 bits per heavy atom. The van der Waals surface area contributed by atoms with E-state index in [1.54, 1.807) is 24.7 Å². The zero-order chi connectivity index (χ0) is 15.4. The van der Waals surface area contributed by atoms with Gasteiger partial charge >= 0.3 is 0 Å². The highest BCUT2D eigenvalue weighted by atomic mass is 16.3. The van der Waals surface area contributed by atoms with Gasteiger partial charge in [-0.15, -0.1) is 0 Å². The van der Waals surface area contributed by atoms with Gasteiger partial charge in [-0.05, 0) is 35.9 Å². The van der Waals surface area contributed by atoms with E-state index in [1.165, 1.54) is 0 Å². The topological polar surface area (TPSA) is 79.1 Å². The lowest BCUT2D eigenvalue weighted by molar-refractivity contribution is 0.260. The number of aromatic nitrogens is 3. The van der Waals surface area contributed by atoms with Crippen LogP contribution < -0.4 is 0 Å². The van der Waals surface area contributed by atoms with Crippen LogP contribution in [0.25, 0.3) is 22.6 Å². The molecule has 3 heterocycles. The van der Waals surface area contributed by atoms with E-state index in [9.17, 15) is 10.2 Å². The van der Waals surface area contributed by atoms with E-state index in [1.807, 2.05) is 30.3 Å². The van der Waals surface area contributed by atoms with Gasteiger partial charge in [0.05, 0.1) is 30.3 Å². The molecule has 0 amide bonds. The standard InChI is InChI=1S/C17H15N3O2/c21-10-12-6-9-20-17(14(12)11-22)16-13(4-3-8-19-16)15-5-1-2-7-18-15/h1-9,21-22H,10-11H2. The van der Waals surface area contributed by atoms with Gasteiger partial charge in [0.15, 0.2) is 0 Å². The van der Waals surface area contributed by atoms with Crippen LogP contribution in [0.1, 0.15) is 11.1 Å². The van der Waals surface area contributed by atoms with Gasteiger partial charge in [0.2, 0.25) is 0 Å². The van der Waals surface area contributed by atoms with Gasteiger partial charge in [-0.25, -0.2) is 0 Å². The van der Waals surface area contributed by atoms with E-state index < -0.39 is 0 Å². The Balaban J connectivity index is 2.22. The third-order valence-corrected chi connectivity index (χ3v) is 3.45. The predicted octanol–water partition coefficient (Wildman–Crippen LogP) is 2.19. The molecule has 110 valence electrons. The first-order valence-electron chi connectivity index (χ1n) is 6.90. The molecule has 0 spiro atoms. The Morgan fingerprint density at radius 1 is 0.727 bits per heavy atom. The van der Waals surface area contributed by atoms with Gasteiger partial charge in [0.25, 0.3) is 0 Å². The minimum absolute atomic E-state index is 0.156. The van der Waals surface area contributed by atoms with Gasteiger partial charge in [-0.3, -0.25) is 15.0 Å². The minimum atomic E-state index is -0.211. The second kappa shape index (κ2) is 6.43. The number of rotatable bonds is 4. The maximum Gasteiger partial charge on any atom is 0.0983 e. The second-order valence-electron chi connectivity index (χ2n) is 4.73. The summed E-state index contributed by atoms with van der Waals surface area (Å²) in [4.78, 5) is 13.1. The van der Waals surface area contributed by atoms with Gasteiger partial charge in [-0.1, -0.05) is 6.07 Å². The lowest BCUT2D eigenvalue weighted by Crippen LogP contribution is -2.02. The van der Waals surface area contributed by atoms with Crippen molar-refractivity contribution in [3.63, 3.8) is 0 Å². The molecule has 2 N–H and O–H groups in total. The first-order chi connectivity index (χ1) is 10.8. The molecular weight excluding hydrogens is 278 g/mol. The molecule has 0 bridgehead atoms. The molecule has 0 aliphatic rings. The molecule has 5 heteroatoms. The lowest BCUT2D eigenvalue weighted by atomic mass is 10.0. The molecule has 3 rings (SSSR count). The average molecular weight is 293 g/mol. The summed E-state index contributed by atoms with van der Waals surface area (Å²) in [5, 5.41) is 19.1. The third kappa shape index (κ3) is 2.59. The van der Waals surface area contributed by atoms with Crippen LogP contribution in [-0.2, 0) is 13.2 Å². The van der Waals surface area contributed by atoms with Crippen LogP contribution in [0.5, 0.6) is 0 Å². The summed E-state index contributed by atoms with van der Waals surface area (Å²) in [5.74, 6) is 0. The van der Waals surface area contributed by atoms with E-state index >= 15 is 0 Å². The quantitative estimate of drug-likeness (QED) is 0.771. The number of aliphatic hydroxyl groups is 2. The fourth-order valence-electron chi connectivity index (χ4n) is 2.38. The molecule has 0 unspecified atom stereocenters. The van der Waals surface area contributed by atoms with Gasteiger partial charge in [-0.2, -0.15) is 0 Å². The molecule has 5 nitrogen and oxygen atoms in total. The molecule has 0 aromatic carbocycles. The van der Waals surface area contributed by atoms with Crippen molar-refractivity contribution in [2.45, 2.75) is 13.2 Å². The molecule has 0 saturated carbocycles. The van der Waals surface area contributed by atoms with Crippen molar-refractivity contribution in [3.05, 3.63) is 66.1 Å². The van der Waals surface area contributed by atoms with Crippen molar-refractivity contribution in [2.24, 2.45) is 0 Å². The van der Waals surface area contributed by atoms with Crippen LogP contribution in [0.4, 0.5) is 0 Å². The average Bonchev–Trinajstić information content (AvgIpc) is 2.61. The molecule has 0 saturated heterocycles. The molecule has 0 radical (unpaired) electrons. The lowest BCUT2D eigenvalue weighted by Gasteiger charge is -2.13. The summed E-state index contributed by atoms with van der Waals surface area (Å²) in [6.07, 6.45) is 5.00. The summed E-state index contributed by atoms with van der Waals surface area (Å²) < 4.78 is 0. The molecule has 0 aliphatic carbocycles. The largest absolute Gasteiger partial charge is 0.392 e. The summed E-state index contributed by atoms with van der Waals surface area (Å²) in [6.45, 7) is -0.367. The summed E-state index contributed by atoms with van der Waals surface area (Å²) in [5.41, 5.74) is 4.05. The molecule has 0 atom stereocenters. The number of hydrogen-bond donors (Lipinski definition) is 2. The normalized spacial score (nSPS) is 10.6. The van der Waals surface area contributed by atoms with Crippen LogP contribution in [-0.4, -0.2) is 25.2 Å². The van der Waals surface area contributed by atoms with Crippen LogP contribution in [0.3, 0.4) is 0 Å². The fourth-order valence-corrected chi connectivity index (χ4v) is 2.38. The summed E-state index contributed by atoms with van der Waals surface area (Å²) in [6, 6.07) is 11.1. The first kappa shape index (κ1) is 14.3. The number of aliphatic hydroxyl groups excluding tert-OH is 2. The zero-order valence-electron chi connectivity index (χ0n) is 11.8. The van der Waals surface area contributed by atoms with Crippen LogP contribution in [0.15, 0.2) is 55.0 Å². The van der Waals surface area contributed by atoms with E-state index in [-0.39, 0.29) is 13.2 Å². The number of nitrogens with zero attached hydrogens (tertiary/aromatic N) is 3. The summed E-state index contributed by atoms with van der Waals surface area (Å²) in [7, 11) is 0. The Labute approximate surface area is 128 Å². The van der Waals surface area contributed by atoms with Crippen molar-refractivity contribution in [2.75, 3.05) is 0 Å². The Hall–Kier alpha value is -2.63. The maximum atomic E-state index is 9.66. The predicted molar refractivity (Wildman–Crippen MR) is 82.5 cm³/mol. The van der Waals surface area contributed by atoms with Crippen LogP contribution >= 0.6 is 0 Å². The van der Waals surface area contributed by atoms with E-state index in [0.717, 1.165) is 11.3 Å². The van der Waals surface area contributed by atoms with E-state index in [0.29, 0.717) is 22.5 Å². The Kier molecular flexibility index (Phi) is 4.18. The minimum Gasteiger partial charge on any atom is -0.392 e. The van der Waals surface area contributed by atoms with Gasteiger partial charge in [0.1, 0.15) is 0 Å². The van der Waals surface area contributed by atoms with E-state index in [4.69, 9.17) is 0 Å². The highest BCUT2D eigenvalue weighted by Crippen LogP contribution is 2.30. The first-order valence-corrected chi connectivity index (χ1v) is 6.90. The van der Waals surface area contributed by atoms with Crippen molar-refractivity contribution >= 4 is 0 Å². The molecule has 22 heavy (non-hydrogen) atoms. The van der Waals surface area contributed by atoms with Crippen molar-refractivity contribution in [1.82, 2.24) is 15.0 Å². The van der Waals surface area contributed by atoms with Crippen molar-refractivity contribution in [1.29, 1.82) is 0 Å². The Morgan fingerprint density at radius 2 is 1.55 bits per heavy atom. The summed E-state index contributed by atoms with van der Waals surface area (Å²) >= 11 is 0. The van der Waals surface area contributed by atoms with Gasteiger partial charge < -0.3 is 10.2 Å². The van der Waals surface area contributed by atoms with Crippen molar-refractivity contribution < 1.29 is 10.2 Å². The molecule has 0 fully saturated rings. The Bertz CT molecular complexity index is 776. The molecular formula is C17H15N3O2. The SMILES string of the molecule is OCc1ccnc(-c2ncccc2-c2ccccn2)c1CO. The van der Waals surface area contributed by atoms with Crippen molar-refractivity contribution in [3.8, 4) is 22.6 Å². The zero-order valence-corrected chi connectivity index (χ0v) is 11.8. The molecule has 3 aromatic heterocycles. The number of pyridine rings is 3. The molecule has 3 aromatic rings.